The second kappa shape index (κ2) is 11.9. The molecule has 1 aromatic carbocycles. The zero-order valence-corrected chi connectivity index (χ0v) is 19.4. The lowest BCUT2D eigenvalue weighted by atomic mass is 10.1. The fourth-order valence-corrected chi connectivity index (χ4v) is 4.20. The molecule has 0 amide bonds. The Balaban J connectivity index is 0.00000364. The first kappa shape index (κ1) is 24.2. The van der Waals surface area contributed by atoms with Crippen molar-refractivity contribution in [3.63, 3.8) is 0 Å². The molecule has 6 nitrogen and oxygen atoms in total. The molecule has 0 aliphatic heterocycles. The van der Waals surface area contributed by atoms with E-state index >= 15 is 0 Å². The number of benzene rings is 1. The second-order valence-corrected chi connectivity index (χ2v) is 9.19. The largest absolute Gasteiger partial charge is 0.370 e. The third-order valence-corrected chi connectivity index (χ3v) is 5.99. The minimum Gasteiger partial charge on any atom is -0.370 e. The molecule has 1 aliphatic rings. The molecule has 8 heteroatoms. The summed E-state index contributed by atoms with van der Waals surface area (Å²) in [6, 6.07) is 7.21. The number of sulfonamides is 1. The normalized spacial score (nSPS) is 16.6. The first-order chi connectivity index (χ1) is 12.4. The minimum atomic E-state index is -3.45. The van der Waals surface area contributed by atoms with Gasteiger partial charge < -0.3 is 11.1 Å². The van der Waals surface area contributed by atoms with Gasteiger partial charge in [-0.15, -0.1) is 24.0 Å². The average molecular weight is 508 g/mol. The number of guanidine groups is 1. The molecule has 0 bridgehead atoms. The molecule has 0 aromatic heterocycles. The van der Waals surface area contributed by atoms with Crippen molar-refractivity contribution in [2.75, 3.05) is 6.54 Å². The van der Waals surface area contributed by atoms with E-state index in [0.29, 0.717) is 25.1 Å². The topological polar surface area (TPSA) is 96.6 Å². The van der Waals surface area contributed by atoms with Crippen LogP contribution in [0.15, 0.2) is 34.2 Å². The van der Waals surface area contributed by atoms with E-state index in [1.807, 2.05) is 13.8 Å². The van der Waals surface area contributed by atoms with Crippen molar-refractivity contribution in [1.29, 1.82) is 0 Å². The number of nitrogens with two attached hydrogens (primary N) is 1. The SMILES string of the molecule is CC(C)CNS(=O)(=O)c1ccc(CN=C(N)NC2CCCCCC2)cc1.I. The Bertz CT molecular complexity index is 682. The van der Waals surface area contributed by atoms with Crippen LogP contribution in [0.3, 0.4) is 0 Å². The summed E-state index contributed by atoms with van der Waals surface area (Å²) in [6.45, 7) is 4.80. The van der Waals surface area contributed by atoms with Crippen LogP contribution in [0.1, 0.15) is 57.9 Å². The van der Waals surface area contributed by atoms with E-state index in [0.717, 1.165) is 18.4 Å². The van der Waals surface area contributed by atoms with Crippen molar-refractivity contribution in [2.24, 2.45) is 16.6 Å². The van der Waals surface area contributed by atoms with Gasteiger partial charge in [0.2, 0.25) is 10.0 Å². The highest BCUT2D eigenvalue weighted by Gasteiger charge is 2.14. The first-order valence-corrected chi connectivity index (χ1v) is 11.0. The van der Waals surface area contributed by atoms with Crippen molar-refractivity contribution in [3.05, 3.63) is 29.8 Å². The van der Waals surface area contributed by atoms with Gasteiger partial charge in [-0.1, -0.05) is 51.7 Å². The van der Waals surface area contributed by atoms with Gasteiger partial charge in [0, 0.05) is 12.6 Å². The van der Waals surface area contributed by atoms with Gasteiger partial charge in [-0.05, 0) is 36.5 Å². The number of hydrogen-bond acceptors (Lipinski definition) is 3. The van der Waals surface area contributed by atoms with Crippen LogP contribution in [0.2, 0.25) is 0 Å². The van der Waals surface area contributed by atoms with E-state index in [2.05, 4.69) is 15.0 Å². The molecule has 1 aliphatic carbocycles. The zero-order valence-electron chi connectivity index (χ0n) is 16.3. The zero-order chi connectivity index (χ0) is 19.0. The predicted octanol–water partition coefficient (Wildman–Crippen LogP) is 3.37. The minimum absolute atomic E-state index is 0. The molecule has 1 aromatic rings. The molecule has 2 rings (SSSR count). The third-order valence-electron chi connectivity index (χ3n) is 4.55. The summed E-state index contributed by atoms with van der Waals surface area (Å²) in [6.07, 6.45) is 7.38. The summed E-state index contributed by atoms with van der Waals surface area (Å²) < 4.78 is 27.0. The van der Waals surface area contributed by atoms with Crippen molar-refractivity contribution in [3.8, 4) is 0 Å². The van der Waals surface area contributed by atoms with Gasteiger partial charge in [0.1, 0.15) is 0 Å². The lowest BCUT2D eigenvalue weighted by Crippen LogP contribution is -2.39. The molecule has 0 spiro atoms. The van der Waals surface area contributed by atoms with Crippen LogP contribution in [0.5, 0.6) is 0 Å². The molecule has 0 atom stereocenters. The number of halogens is 1. The molecular formula is C19H33IN4O2S. The Morgan fingerprint density at radius 1 is 1.15 bits per heavy atom. The van der Waals surface area contributed by atoms with Gasteiger partial charge in [-0.2, -0.15) is 0 Å². The van der Waals surface area contributed by atoms with Crippen LogP contribution in [0.4, 0.5) is 0 Å². The standard InChI is InChI=1S/C19H32N4O2S.HI/c1-15(2)13-22-26(24,25)18-11-9-16(10-12-18)14-21-19(20)23-17-7-5-3-4-6-8-17;/h9-12,15,17,22H,3-8,13-14H2,1-2H3,(H3,20,21,23);1H. The molecule has 154 valence electrons. The highest BCUT2D eigenvalue weighted by atomic mass is 127. The number of rotatable bonds is 7. The maximum Gasteiger partial charge on any atom is 0.240 e. The monoisotopic (exact) mass is 508 g/mol. The van der Waals surface area contributed by atoms with Crippen molar-refractivity contribution in [2.45, 2.75) is 69.9 Å². The Kier molecular flexibility index (Phi) is 10.6. The average Bonchev–Trinajstić information content (AvgIpc) is 2.87. The number of aliphatic imine (C=N–C) groups is 1. The van der Waals surface area contributed by atoms with E-state index in [1.54, 1.807) is 24.3 Å². The second-order valence-electron chi connectivity index (χ2n) is 7.42. The quantitative estimate of drug-likeness (QED) is 0.228. The van der Waals surface area contributed by atoms with Crippen molar-refractivity contribution < 1.29 is 8.42 Å². The summed E-state index contributed by atoms with van der Waals surface area (Å²) in [7, 11) is -3.45. The van der Waals surface area contributed by atoms with Gasteiger partial charge in [0.15, 0.2) is 5.96 Å². The van der Waals surface area contributed by atoms with Gasteiger partial charge in [0.25, 0.3) is 0 Å². The van der Waals surface area contributed by atoms with E-state index in [1.165, 1.54) is 25.7 Å². The molecule has 27 heavy (non-hydrogen) atoms. The molecule has 1 saturated carbocycles. The number of hydrogen-bond donors (Lipinski definition) is 3. The molecule has 0 saturated heterocycles. The highest BCUT2D eigenvalue weighted by Crippen LogP contribution is 2.17. The number of nitrogens with zero attached hydrogens (tertiary/aromatic N) is 1. The Morgan fingerprint density at radius 3 is 2.30 bits per heavy atom. The summed E-state index contributed by atoms with van der Waals surface area (Å²) >= 11 is 0. The fourth-order valence-electron chi connectivity index (χ4n) is 2.99. The maximum absolute atomic E-state index is 12.2. The summed E-state index contributed by atoms with van der Waals surface area (Å²) in [5, 5.41) is 3.31. The molecule has 1 fully saturated rings. The summed E-state index contributed by atoms with van der Waals surface area (Å²) in [5.41, 5.74) is 6.93. The smallest absolute Gasteiger partial charge is 0.240 e. The van der Waals surface area contributed by atoms with Gasteiger partial charge in [-0.25, -0.2) is 18.1 Å². The van der Waals surface area contributed by atoms with Gasteiger partial charge >= 0.3 is 0 Å². The van der Waals surface area contributed by atoms with E-state index < -0.39 is 10.0 Å². The summed E-state index contributed by atoms with van der Waals surface area (Å²) in [5.74, 6) is 0.731. The predicted molar refractivity (Wildman–Crippen MR) is 122 cm³/mol. The molecule has 0 radical (unpaired) electrons. The van der Waals surface area contributed by atoms with E-state index in [9.17, 15) is 8.42 Å². The molecule has 4 N–H and O–H groups in total. The maximum atomic E-state index is 12.2. The van der Waals surface area contributed by atoms with E-state index in [-0.39, 0.29) is 34.8 Å². The Labute approximate surface area is 180 Å². The molecule has 0 heterocycles. The van der Waals surface area contributed by atoms with Crippen LogP contribution >= 0.6 is 24.0 Å². The molecular weight excluding hydrogens is 475 g/mol. The third kappa shape index (κ3) is 8.78. The van der Waals surface area contributed by atoms with Gasteiger partial charge in [0.05, 0.1) is 11.4 Å². The Morgan fingerprint density at radius 2 is 1.74 bits per heavy atom. The highest BCUT2D eigenvalue weighted by molar-refractivity contribution is 14.0. The summed E-state index contributed by atoms with van der Waals surface area (Å²) in [4.78, 5) is 4.66. The van der Waals surface area contributed by atoms with Crippen LogP contribution in [0, 0.1) is 5.92 Å². The first-order valence-electron chi connectivity index (χ1n) is 9.52. The lowest BCUT2D eigenvalue weighted by molar-refractivity contribution is 0.530. The molecule has 0 unspecified atom stereocenters. The van der Waals surface area contributed by atoms with Crippen LogP contribution in [0.25, 0.3) is 0 Å². The number of nitrogens with one attached hydrogen (secondary N) is 2. The van der Waals surface area contributed by atoms with Gasteiger partial charge in [-0.3, -0.25) is 0 Å². The van der Waals surface area contributed by atoms with Crippen molar-refractivity contribution >= 4 is 40.0 Å². The van der Waals surface area contributed by atoms with Crippen molar-refractivity contribution in [1.82, 2.24) is 10.0 Å². The fraction of sp³-hybridized carbons (Fsp3) is 0.632. The lowest BCUT2D eigenvalue weighted by Gasteiger charge is -2.16. The van der Waals surface area contributed by atoms with E-state index in [4.69, 9.17) is 5.73 Å². The van der Waals surface area contributed by atoms with Crippen LogP contribution in [-0.2, 0) is 16.6 Å². The van der Waals surface area contributed by atoms with Crippen LogP contribution < -0.4 is 15.8 Å². The van der Waals surface area contributed by atoms with Crippen LogP contribution in [-0.4, -0.2) is 27.0 Å². The Hall–Kier alpha value is -0.870.